The molecule has 1 fully saturated rings. The molecule has 0 unspecified atom stereocenters. The van der Waals surface area contributed by atoms with Crippen molar-refractivity contribution < 1.29 is 9.53 Å². The third-order valence-corrected chi connectivity index (χ3v) is 3.43. The Balaban J connectivity index is 1.97. The highest BCUT2D eigenvalue weighted by Gasteiger charge is 2.36. The number of rotatable bonds is 4. The van der Waals surface area contributed by atoms with E-state index in [1.807, 2.05) is 38.1 Å². The summed E-state index contributed by atoms with van der Waals surface area (Å²) in [6.07, 6.45) is 3.75. The van der Waals surface area contributed by atoms with Gasteiger partial charge >= 0.3 is 0 Å². The molecular formula is C15H22N2O2. The first-order chi connectivity index (χ1) is 8.99. The summed E-state index contributed by atoms with van der Waals surface area (Å²) in [6, 6.07) is 7.39. The molecule has 1 aromatic rings. The van der Waals surface area contributed by atoms with Crippen LogP contribution in [0.4, 0.5) is 5.69 Å². The van der Waals surface area contributed by atoms with Gasteiger partial charge in [-0.3, -0.25) is 4.79 Å². The Kier molecular flexibility index (Phi) is 4.10. The van der Waals surface area contributed by atoms with E-state index in [0.29, 0.717) is 0 Å². The zero-order valence-electron chi connectivity index (χ0n) is 11.6. The first-order valence-electron chi connectivity index (χ1n) is 6.87. The van der Waals surface area contributed by atoms with Crippen LogP contribution < -0.4 is 15.8 Å². The third-order valence-electron chi connectivity index (χ3n) is 3.43. The zero-order chi connectivity index (χ0) is 13.9. The zero-order valence-corrected chi connectivity index (χ0v) is 11.6. The van der Waals surface area contributed by atoms with Crippen LogP contribution in [0.15, 0.2) is 24.3 Å². The molecule has 2 rings (SSSR count). The van der Waals surface area contributed by atoms with Crippen LogP contribution in [0.1, 0.15) is 39.5 Å². The van der Waals surface area contributed by atoms with Gasteiger partial charge in [0.25, 0.3) is 0 Å². The Labute approximate surface area is 114 Å². The molecule has 0 bridgehead atoms. The molecule has 1 amide bonds. The number of nitrogens with two attached hydrogens (primary N) is 1. The fraction of sp³-hybridized carbons (Fsp3) is 0.533. The number of nitrogens with one attached hydrogen (secondary N) is 1. The van der Waals surface area contributed by atoms with Crippen LogP contribution in [0.25, 0.3) is 0 Å². The number of hydrogen-bond acceptors (Lipinski definition) is 3. The lowest BCUT2D eigenvalue weighted by Gasteiger charge is -2.22. The fourth-order valence-electron chi connectivity index (χ4n) is 2.38. The smallest absolute Gasteiger partial charge is 0.244 e. The van der Waals surface area contributed by atoms with E-state index in [1.165, 1.54) is 0 Å². The van der Waals surface area contributed by atoms with Gasteiger partial charge < -0.3 is 15.8 Å². The molecule has 0 spiro atoms. The Bertz CT molecular complexity index is 434. The van der Waals surface area contributed by atoms with Gasteiger partial charge in [-0.25, -0.2) is 0 Å². The Morgan fingerprint density at radius 3 is 2.37 bits per heavy atom. The predicted molar refractivity (Wildman–Crippen MR) is 76.2 cm³/mol. The number of anilines is 1. The van der Waals surface area contributed by atoms with E-state index in [0.717, 1.165) is 37.1 Å². The summed E-state index contributed by atoms with van der Waals surface area (Å²) >= 11 is 0. The predicted octanol–water partition coefficient (Wildman–Crippen LogP) is 2.68. The SMILES string of the molecule is CC(C)Oc1ccc(NC(=O)C2(N)CCCC2)cc1. The molecule has 1 aliphatic rings. The first-order valence-corrected chi connectivity index (χ1v) is 6.87. The molecule has 0 radical (unpaired) electrons. The first kappa shape index (κ1) is 13.9. The number of benzene rings is 1. The largest absolute Gasteiger partial charge is 0.491 e. The van der Waals surface area contributed by atoms with Gasteiger partial charge in [0.1, 0.15) is 5.75 Å². The minimum atomic E-state index is -0.687. The van der Waals surface area contributed by atoms with Crippen LogP contribution in [0.3, 0.4) is 0 Å². The molecular weight excluding hydrogens is 240 g/mol. The highest BCUT2D eigenvalue weighted by molar-refractivity contribution is 5.98. The number of carbonyl (C=O) groups is 1. The summed E-state index contributed by atoms with van der Waals surface area (Å²) in [4.78, 5) is 12.1. The Morgan fingerprint density at radius 1 is 1.26 bits per heavy atom. The lowest BCUT2D eigenvalue weighted by Crippen LogP contribution is -2.48. The molecule has 4 nitrogen and oxygen atoms in total. The molecule has 1 aliphatic carbocycles. The normalized spacial score (nSPS) is 17.5. The maximum Gasteiger partial charge on any atom is 0.244 e. The summed E-state index contributed by atoms with van der Waals surface area (Å²) in [6.45, 7) is 3.96. The second-order valence-electron chi connectivity index (χ2n) is 5.51. The highest BCUT2D eigenvalue weighted by Crippen LogP contribution is 2.28. The average molecular weight is 262 g/mol. The van der Waals surface area contributed by atoms with Crippen molar-refractivity contribution in [2.75, 3.05) is 5.32 Å². The fourth-order valence-corrected chi connectivity index (χ4v) is 2.38. The maximum atomic E-state index is 12.1. The molecule has 0 aromatic heterocycles. The van der Waals surface area contributed by atoms with Gasteiger partial charge in [-0.2, -0.15) is 0 Å². The molecule has 0 atom stereocenters. The van der Waals surface area contributed by atoms with Gasteiger partial charge in [0, 0.05) is 5.69 Å². The summed E-state index contributed by atoms with van der Waals surface area (Å²) in [5.41, 5.74) is 6.18. The van der Waals surface area contributed by atoms with Crippen molar-refractivity contribution >= 4 is 11.6 Å². The summed E-state index contributed by atoms with van der Waals surface area (Å²) < 4.78 is 5.56. The monoisotopic (exact) mass is 262 g/mol. The lowest BCUT2D eigenvalue weighted by molar-refractivity contribution is -0.121. The Morgan fingerprint density at radius 2 is 1.84 bits per heavy atom. The van der Waals surface area contributed by atoms with Crippen molar-refractivity contribution in [3.63, 3.8) is 0 Å². The van der Waals surface area contributed by atoms with E-state index >= 15 is 0 Å². The molecule has 1 aromatic carbocycles. The van der Waals surface area contributed by atoms with Crippen molar-refractivity contribution in [2.24, 2.45) is 5.73 Å². The van der Waals surface area contributed by atoms with Crippen LogP contribution >= 0.6 is 0 Å². The molecule has 0 heterocycles. The molecule has 0 saturated heterocycles. The summed E-state index contributed by atoms with van der Waals surface area (Å²) in [7, 11) is 0. The van der Waals surface area contributed by atoms with Crippen molar-refractivity contribution in [2.45, 2.75) is 51.2 Å². The molecule has 19 heavy (non-hydrogen) atoms. The minimum absolute atomic E-state index is 0.0810. The topological polar surface area (TPSA) is 64.3 Å². The van der Waals surface area contributed by atoms with Crippen molar-refractivity contribution in [1.82, 2.24) is 0 Å². The number of amides is 1. The van der Waals surface area contributed by atoms with Gasteiger partial charge in [-0.15, -0.1) is 0 Å². The number of ether oxygens (including phenoxy) is 1. The minimum Gasteiger partial charge on any atom is -0.491 e. The summed E-state index contributed by atoms with van der Waals surface area (Å²) in [5.74, 6) is 0.721. The molecule has 3 N–H and O–H groups in total. The van der Waals surface area contributed by atoms with Gasteiger partial charge in [-0.05, 0) is 51.0 Å². The second kappa shape index (κ2) is 5.61. The quantitative estimate of drug-likeness (QED) is 0.876. The van der Waals surface area contributed by atoms with Crippen LogP contribution in [-0.4, -0.2) is 17.6 Å². The van der Waals surface area contributed by atoms with E-state index in [1.54, 1.807) is 0 Å². The summed E-state index contributed by atoms with van der Waals surface area (Å²) in [5, 5.41) is 2.89. The van der Waals surface area contributed by atoms with Crippen LogP contribution in [0, 0.1) is 0 Å². The molecule has 4 heteroatoms. The van der Waals surface area contributed by atoms with E-state index in [2.05, 4.69) is 5.32 Å². The van der Waals surface area contributed by atoms with Gasteiger partial charge in [0.15, 0.2) is 0 Å². The maximum absolute atomic E-state index is 12.1. The number of carbonyl (C=O) groups excluding carboxylic acids is 1. The highest BCUT2D eigenvalue weighted by atomic mass is 16.5. The lowest BCUT2D eigenvalue weighted by atomic mass is 9.98. The van der Waals surface area contributed by atoms with Crippen LogP contribution in [0.2, 0.25) is 0 Å². The van der Waals surface area contributed by atoms with Crippen molar-refractivity contribution in [3.05, 3.63) is 24.3 Å². The third kappa shape index (κ3) is 3.47. The van der Waals surface area contributed by atoms with Crippen molar-refractivity contribution in [3.8, 4) is 5.75 Å². The molecule has 0 aliphatic heterocycles. The van der Waals surface area contributed by atoms with E-state index in [4.69, 9.17) is 10.5 Å². The van der Waals surface area contributed by atoms with E-state index in [-0.39, 0.29) is 12.0 Å². The van der Waals surface area contributed by atoms with Crippen molar-refractivity contribution in [1.29, 1.82) is 0 Å². The van der Waals surface area contributed by atoms with E-state index in [9.17, 15) is 4.79 Å². The second-order valence-corrected chi connectivity index (χ2v) is 5.51. The molecule has 104 valence electrons. The van der Waals surface area contributed by atoms with Gasteiger partial charge in [0.2, 0.25) is 5.91 Å². The molecule has 1 saturated carbocycles. The van der Waals surface area contributed by atoms with Crippen LogP contribution in [0.5, 0.6) is 5.75 Å². The van der Waals surface area contributed by atoms with E-state index < -0.39 is 5.54 Å². The van der Waals surface area contributed by atoms with Crippen LogP contribution in [-0.2, 0) is 4.79 Å². The average Bonchev–Trinajstić information content (AvgIpc) is 2.79. The van der Waals surface area contributed by atoms with Gasteiger partial charge in [-0.1, -0.05) is 12.8 Å². The Hall–Kier alpha value is -1.55. The van der Waals surface area contributed by atoms with Gasteiger partial charge in [0.05, 0.1) is 11.6 Å². The standard InChI is InChI=1S/C15H22N2O2/c1-11(2)19-13-7-5-12(6-8-13)17-14(18)15(16)9-3-4-10-15/h5-8,11H,3-4,9-10,16H2,1-2H3,(H,17,18). The number of hydrogen-bond donors (Lipinski definition) is 2.